The number of sulfone groups is 1. The summed E-state index contributed by atoms with van der Waals surface area (Å²) in [5, 5.41) is 2.85. The summed E-state index contributed by atoms with van der Waals surface area (Å²) >= 11 is 0. The Morgan fingerprint density at radius 1 is 1.03 bits per heavy atom. The highest BCUT2D eigenvalue weighted by molar-refractivity contribution is 7.91. The molecule has 0 fully saturated rings. The minimum atomic E-state index is -3.57. The van der Waals surface area contributed by atoms with Crippen LogP contribution in [0.15, 0.2) is 89.0 Å². The molecule has 0 unspecified atom stereocenters. The first-order valence-electron chi connectivity index (χ1n) is 9.06. The molecule has 4 aromatic rings. The lowest BCUT2D eigenvalue weighted by Gasteiger charge is -2.09. The minimum absolute atomic E-state index is 0.211. The van der Waals surface area contributed by atoms with Crippen molar-refractivity contribution in [3.05, 3.63) is 95.9 Å². The van der Waals surface area contributed by atoms with Crippen molar-refractivity contribution >= 4 is 21.4 Å². The first kappa shape index (κ1) is 18.9. The number of nitrogens with zero attached hydrogens (tertiary/aromatic N) is 2. The number of fused-ring (bicyclic) bond motifs is 1. The molecule has 0 saturated carbocycles. The maximum Gasteiger partial charge on any atom is 0.253 e. The van der Waals surface area contributed by atoms with Crippen molar-refractivity contribution in [1.82, 2.24) is 14.7 Å². The van der Waals surface area contributed by atoms with Gasteiger partial charge in [0.1, 0.15) is 5.65 Å². The van der Waals surface area contributed by atoms with E-state index in [0.29, 0.717) is 22.6 Å². The molecule has 7 heteroatoms. The van der Waals surface area contributed by atoms with Crippen molar-refractivity contribution in [3.8, 4) is 0 Å². The SMILES string of the molecule is Cc1ccccc1S(=O)(=O)c1ccc(CNC(=O)c2ccc3nccn3c2)cc1. The summed E-state index contributed by atoms with van der Waals surface area (Å²) in [4.78, 5) is 17.1. The van der Waals surface area contributed by atoms with Gasteiger partial charge < -0.3 is 9.72 Å². The van der Waals surface area contributed by atoms with Crippen LogP contribution in [0.4, 0.5) is 0 Å². The fourth-order valence-corrected chi connectivity index (χ4v) is 4.61. The zero-order valence-corrected chi connectivity index (χ0v) is 16.6. The number of carbonyl (C=O) groups is 1. The number of pyridine rings is 1. The van der Waals surface area contributed by atoms with Crippen molar-refractivity contribution in [3.63, 3.8) is 0 Å². The van der Waals surface area contributed by atoms with E-state index in [1.165, 1.54) is 0 Å². The van der Waals surface area contributed by atoms with Gasteiger partial charge in [-0.15, -0.1) is 0 Å². The lowest BCUT2D eigenvalue weighted by atomic mass is 10.2. The van der Waals surface area contributed by atoms with E-state index in [1.807, 2.05) is 6.07 Å². The summed E-state index contributed by atoms with van der Waals surface area (Å²) < 4.78 is 27.4. The summed E-state index contributed by atoms with van der Waals surface area (Å²) in [6.45, 7) is 2.07. The fraction of sp³-hybridized carbons (Fsp3) is 0.0909. The number of imidazole rings is 1. The van der Waals surface area contributed by atoms with Crippen LogP contribution in [-0.2, 0) is 16.4 Å². The summed E-state index contributed by atoms with van der Waals surface area (Å²) in [7, 11) is -3.57. The van der Waals surface area contributed by atoms with E-state index in [9.17, 15) is 13.2 Å². The molecule has 0 spiro atoms. The fourth-order valence-electron chi connectivity index (χ4n) is 3.11. The van der Waals surface area contributed by atoms with Crippen molar-refractivity contribution in [1.29, 1.82) is 0 Å². The molecular formula is C22H19N3O3S. The molecule has 2 heterocycles. The molecule has 2 aromatic carbocycles. The summed E-state index contributed by atoms with van der Waals surface area (Å²) in [6, 6.07) is 17.0. The second kappa shape index (κ2) is 7.52. The standard InChI is InChI=1S/C22H19N3O3S/c1-16-4-2-3-5-20(16)29(27,28)19-9-6-17(7-10-19)14-24-22(26)18-8-11-21-23-12-13-25(21)15-18/h2-13,15H,14H2,1H3,(H,24,26). The highest BCUT2D eigenvalue weighted by Crippen LogP contribution is 2.23. The Morgan fingerprint density at radius 2 is 1.79 bits per heavy atom. The summed E-state index contributed by atoms with van der Waals surface area (Å²) in [6.07, 6.45) is 5.17. The molecule has 6 nitrogen and oxygen atoms in total. The average Bonchev–Trinajstić information content (AvgIpc) is 3.20. The molecule has 0 radical (unpaired) electrons. The topological polar surface area (TPSA) is 80.5 Å². The molecule has 4 rings (SSSR count). The van der Waals surface area contributed by atoms with Crippen LogP contribution in [0.1, 0.15) is 21.5 Å². The van der Waals surface area contributed by atoms with E-state index in [0.717, 1.165) is 11.2 Å². The van der Waals surface area contributed by atoms with Crippen molar-refractivity contribution in [2.24, 2.45) is 0 Å². The van der Waals surface area contributed by atoms with Gasteiger partial charge in [-0.25, -0.2) is 13.4 Å². The third kappa shape index (κ3) is 3.77. The van der Waals surface area contributed by atoms with Crippen LogP contribution in [0.5, 0.6) is 0 Å². The third-order valence-electron chi connectivity index (χ3n) is 4.72. The third-order valence-corrected chi connectivity index (χ3v) is 6.65. The molecule has 1 N–H and O–H groups in total. The van der Waals surface area contributed by atoms with Crippen molar-refractivity contribution in [2.45, 2.75) is 23.3 Å². The van der Waals surface area contributed by atoms with Crippen LogP contribution < -0.4 is 5.32 Å². The Bertz CT molecular complexity index is 1290. The van der Waals surface area contributed by atoms with E-state index < -0.39 is 9.84 Å². The Hall–Kier alpha value is -3.45. The number of aromatic nitrogens is 2. The van der Waals surface area contributed by atoms with Crippen LogP contribution >= 0.6 is 0 Å². The lowest BCUT2D eigenvalue weighted by molar-refractivity contribution is 0.0950. The predicted octanol–water partition coefficient (Wildman–Crippen LogP) is 3.41. The van der Waals surface area contributed by atoms with Gasteiger partial charge in [0, 0.05) is 25.1 Å². The minimum Gasteiger partial charge on any atom is -0.348 e. The Labute approximate surface area is 168 Å². The highest BCUT2D eigenvalue weighted by Gasteiger charge is 2.19. The molecule has 0 atom stereocenters. The number of hydrogen-bond acceptors (Lipinski definition) is 4. The van der Waals surface area contributed by atoms with Gasteiger partial charge in [-0.05, 0) is 48.4 Å². The van der Waals surface area contributed by atoms with Crippen LogP contribution in [0.2, 0.25) is 0 Å². The number of aryl methyl sites for hydroxylation is 1. The first-order valence-corrected chi connectivity index (χ1v) is 10.5. The molecule has 1 amide bonds. The zero-order chi connectivity index (χ0) is 20.4. The molecule has 2 aromatic heterocycles. The van der Waals surface area contributed by atoms with Crippen LogP contribution in [0.3, 0.4) is 0 Å². The monoisotopic (exact) mass is 405 g/mol. The Morgan fingerprint density at radius 3 is 2.55 bits per heavy atom. The lowest BCUT2D eigenvalue weighted by Crippen LogP contribution is -2.23. The predicted molar refractivity (Wildman–Crippen MR) is 109 cm³/mol. The van der Waals surface area contributed by atoms with Gasteiger partial charge >= 0.3 is 0 Å². The number of carbonyl (C=O) groups excluding carboxylic acids is 1. The molecular weight excluding hydrogens is 386 g/mol. The van der Waals surface area contributed by atoms with E-state index in [1.54, 1.807) is 84.5 Å². The van der Waals surface area contributed by atoms with Gasteiger partial charge in [-0.1, -0.05) is 30.3 Å². The smallest absolute Gasteiger partial charge is 0.253 e. The number of amides is 1. The Kier molecular flexibility index (Phi) is 4.90. The van der Waals surface area contributed by atoms with E-state index in [2.05, 4.69) is 10.3 Å². The van der Waals surface area contributed by atoms with Crippen molar-refractivity contribution in [2.75, 3.05) is 0 Å². The van der Waals surface area contributed by atoms with Gasteiger partial charge in [0.15, 0.2) is 0 Å². The summed E-state index contributed by atoms with van der Waals surface area (Å²) in [5.41, 5.74) is 2.81. The summed E-state index contributed by atoms with van der Waals surface area (Å²) in [5.74, 6) is -0.211. The molecule has 0 saturated heterocycles. The second-order valence-corrected chi connectivity index (χ2v) is 8.62. The van der Waals surface area contributed by atoms with Crippen molar-refractivity contribution < 1.29 is 13.2 Å². The molecule has 29 heavy (non-hydrogen) atoms. The number of rotatable bonds is 5. The molecule has 0 aliphatic carbocycles. The van der Waals surface area contributed by atoms with E-state index in [-0.39, 0.29) is 10.8 Å². The molecule has 0 aliphatic rings. The number of hydrogen-bond donors (Lipinski definition) is 1. The van der Waals surface area contributed by atoms with E-state index >= 15 is 0 Å². The van der Waals surface area contributed by atoms with Gasteiger partial charge in [0.2, 0.25) is 9.84 Å². The molecule has 146 valence electrons. The van der Waals surface area contributed by atoms with Gasteiger partial charge in [0.05, 0.1) is 15.4 Å². The van der Waals surface area contributed by atoms with Crippen LogP contribution in [0.25, 0.3) is 5.65 Å². The molecule has 0 bridgehead atoms. The number of benzene rings is 2. The van der Waals surface area contributed by atoms with Crippen LogP contribution in [0, 0.1) is 6.92 Å². The van der Waals surface area contributed by atoms with E-state index in [4.69, 9.17) is 0 Å². The zero-order valence-electron chi connectivity index (χ0n) is 15.7. The maximum absolute atomic E-state index is 12.8. The number of nitrogens with one attached hydrogen (secondary N) is 1. The normalized spacial score (nSPS) is 11.5. The second-order valence-electron chi connectivity index (χ2n) is 6.71. The quantitative estimate of drug-likeness (QED) is 0.552. The average molecular weight is 405 g/mol. The van der Waals surface area contributed by atoms with Crippen LogP contribution in [-0.4, -0.2) is 23.7 Å². The Balaban J connectivity index is 1.47. The van der Waals surface area contributed by atoms with Gasteiger partial charge in [0.25, 0.3) is 5.91 Å². The largest absolute Gasteiger partial charge is 0.348 e. The van der Waals surface area contributed by atoms with Gasteiger partial charge in [-0.3, -0.25) is 4.79 Å². The highest BCUT2D eigenvalue weighted by atomic mass is 32.2. The first-order chi connectivity index (χ1) is 13.9. The van der Waals surface area contributed by atoms with Gasteiger partial charge in [-0.2, -0.15) is 0 Å². The molecule has 0 aliphatic heterocycles. The maximum atomic E-state index is 12.8.